The Morgan fingerprint density at radius 2 is 1.82 bits per heavy atom. The van der Waals surface area contributed by atoms with E-state index in [0.717, 1.165) is 0 Å². The molecule has 0 aromatic rings. The summed E-state index contributed by atoms with van der Waals surface area (Å²) < 4.78 is 0. The maximum absolute atomic E-state index is 10.9. The number of amides is 2. The standard InChI is InChI=1S/C7H9NO3/c1-3(2)4-5(9)7(11)8-6(4)10/h3H,1-2H3,(H2,8,9,10,11). The summed E-state index contributed by atoms with van der Waals surface area (Å²) in [5.74, 6) is -1.74. The summed E-state index contributed by atoms with van der Waals surface area (Å²) in [5, 5.41) is 11.0. The summed E-state index contributed by atoms with van der Waals surface area (Å²) in [4.78, 5) is 21.5. The monoisotopic (exact) mass is 155 g/mol. The number of carbonyl (C=O) groups is 2. The zero-order valence-electron chi connectivity index (χ0n) is 6.34. The Hall–Kier alpha value is -1.32. The maximum atomic E-state index is 10.9. The third-order valence-corrected chi connectivity index (χ3v) is 1.52. The zero-order chi connectivity index (χ0) is 8.59. The first-order valence-electron chi connectivity index (χ1n) is 3.33. The molecule has 0 atom stereocenters. The van der Waals surface area contributed by atoms with Crippen molar-refractivity contribution in [1.82, 2.24) is 5.32 Å². The lowest BCUT2D eigenvalue weighted by atomic mass is 10.0. The van der Waals surface area contributed by atoms with Crippen molar-refractivity contribution < 1.29 is 14.7 Å². The number of aliphatic hydroxyl groups is 1. The Labute approximate surface area is 63.9 Å². The highest BCUT2D eigenvalue weighted by Crippen LogP contribution is 2.17. The topological polar surface area (TPSA) is 66.4 Å². The molecule has 0 spiro atoms. The average molecular weight is 155 g/mol. The number of aliphatic hydroxyl groups excluding tert-OH is 1. The minimum Gasteiger partial charge on any atom is -0.503 e. The van der Waals surface area contributed by atoms with E-state index in [9.17, 15) is 9.59 Å². The molecule has 11 heavy (non-hydrogen) atoms. The second kappa shape index (κ2) is 2.38. The fourth-order valence-corrected chi connectivity index (χ4v) is 0.995. The molecule has 1 aliphatic heterocycles. The maximum Gasteiger partial charge on any atom is 0.293 e. The van der Waals surface area contributed by atoms with E-state index < -0.39 is 17.6 Å². The molecule has 0 fully saturated rings. The van der Waals surface area contributed by atoms with Gasteiger partial charge in [0.15, 0.2) is 5.76 Å². The van der Waals surface area contributed by atoms with Gasteiger partial charge < -0.3 is 5.11 Å². The van der Waals surface area contributed by atoms with Crippen LogP contribution < -0.4 is 5.32 Å². The van der Waals surface area contributed by atoms with Crippen molar-refractivity contribution in [3.05, 3.63) is 11.3 Å². The molecule has 0 aromatic heterocycles. The molecule has 60 valence electrons. The predicted octanol–water partition coefficient (Wildman–Crippen LogP) is 0.111. The lowest BCUT2D eigenvalue weighted by Gasteiger charge is -2.01. The first-order valence-corrected chi connectivity index (χ1v) is 3.33. The molecule has 1 aliphatic rings. The van der Waals surface area contributed by atoms with E-state index >= 15 is 0 Å². The predicted molar refractivity (Wildman–Crippen MR) is 37.6 cm³/mol. The molecule has 0 bridgehead atoms. The average Bonchev–Trinajstić information content (AvgIpc) is 2.07. The second-order valence-electron chi connectivity index (χ2n) is 2.70. The van der Waals surface area contributed by atoms with Gasteiger partial charge in [0.2, 0.25) is 0 Å². The molecular formula is C7H9NO3. The first-order chi connectivity index (χ1) is 5.04. The third-order valence-electron chi connectivity index (χ3n) is 1.52. The van der Waals surface area contributed by atoms with Gasteiger partial charge in [0.25, 0.3) is 11.8 Å². The SMILES string of the molecule is CC(C)C1=C(O)C(=O)NC1=O. The van der Waals surface area contributed by atoms with Crippen LogP contribution in [0.25, 0.3) is 0 Å². The molecule has 0 aliphatic carbocycles. The summed E-state index contributed by atoms with van der Waals surface area (Å²) in [5.41, 5.74) is 0.176. The van der Waals surface area contributed by atoms with E-state index in [2.05, 4.69) is 0 Å². The quantitative estimate of drug-likeness (QED) is 0.528. The largest absolute Gasteiger partial charge is 0.503 e. The van der Waals surface area contributed by atoms with Crippen molar-refractivity contribution in [1.29, 1.82) is 0 Å². The number of rotatable bonds is 1. The van der Waals surface area contributed by atoms with Gasteiger partial charge in [-0.15, -0.1) is 0 Å². The highest BCUT2D eigenvalue weighted by Gasteiger charge is 2.31. The number of imide groups is 1. The number of nitrogens with one attached hydrogen (secondary N) is 1. The molecule has 1 heterocycles. The van der Waals surface area contributed by atoms with Gasteiger partial charge in [0, 0.05) is 0 Å². The number of hydrogen-bond acceptors (Lipinski definition) is 3. The molecule has 2 N–H and O–H groups in total. The number of carbonyl (C=O) groups excluding carboxylic acids is 2. The van der Waals surface area contributed by atoms with E-state index in [1.54, 1.807) is 13.8 Å². The molecule has 0 unspecified atom stereocenters. The van der Waals surface area contributed by atoms with E-state index in [1.807, 2.05) is 5.32 Å². The Bertz CT molecular complexity index is 252. The van der Waals surface area contributed by atoms with Gasteiger partial charge in [-0.25, -0.2) is 0 Å². The summed E-state index contributed by atoms with van der Waals surface area (Å²) in [6, 6.07) is 0. The van der Waals surface area contributed by atoms with Crippen LogP contribution in [0, 0.1) is 5.92 Å². The van der Waals surface area contributed by atoms with Crippen molar-refractivity contribution in [2.45, 2.75) is 13.8 Å². The zero-order valence-corrected chi connectivity index (χ0v) is 6.34. The molecule has 4 heteroatoms. The minimum absolute atomic E-state index is 0.124. The summed E-state index contributed by atoms with van der Waals surface area (Å²) >= 11 is 0. The van der Waals surface area contributed by atoms with Crippen molar-refractivity contribution in [2.75, 3.05) is 0 Å². The van der Waals surface area contributed by atoms with Gasteiger partial charge in [-0.3, -0.25) is 14.9 Å². The molecule has 0 radical (unpaired) electrons. The third kappa shape index (κ3) is 1.11. The van der Waals surface area contributed by atoms with Crippen molar-refractivity contribution in [3.8, 4) is 0 Å². The van der Waals surface area contributed by atoms with Gasteiger partial charge in [0.05, 0.1) is 5.57 Å². The van der Waals surface area contributed by atoms with Crippen LogP contribution in [-0.4, -0.2) is 16.9 Å². The minimum atomic E-state index is -0.696. The summed E-state index contributed by atoms with van der Waals surface area (Å²) in [6.45, 7) is 3.48. The van der Waals surface area contributed by atoms with Crippen molar-refractivity contribution in [2.24, 2.45) is 5.92 Å². The smallest absolute Gasteiger partial charge is 0.293 e. The molecule has 0 saturated heterocycles. The van der Waals surface area contributed by atoms with Gasteiger partial charge in [-0.05, 0) is 5.92 Å². The highest BCUT2D eigenvalue weighted by atomic mass is 16.3. The highest BCUT2D eigenvalue weighted by molar-refractivity contribution is 6.18. The normalized spacial score (nSPS) is 18.1. The molecule has 0 aromatic carbocycles. The summed E-state index contributed by atoms with van der Waals surface area (Å²) in [7, 11) is 0. The van der Waals surface area contributed by atoms with Gasteiger partial charge in [-0.2, -0.15) is 0 Å². The van der Waals surface area contributed by atoms with Crippen LogP contribution in [0.15, 0.2) is 11.3 Å². The van der Waals surface area contributed by atoms with Crippen LogP contribution in [0.3, 0.4) is 0 Å². The first kappa shape index (κ1) is 7.78. The van der Waals surface area contributed by atoms with E-state index in [0.29, 0.717) is 0 Å². The Morgan fingerprint density at radius 3 is 2.00 bits per heavy atom. The van der Waals surface area contributed by atoms with Crippen molar-refractivity contribution in [3.63, 3.8) is 0 Å². The fraction of sp³-hybridized carbons (Fsp3) is 0.429. The van der Waals surface area contributed by atoms with E-state index in [-0.39, 0.29) is 11.5 Å². The van der Waals surface area contributed by atoms with Gasteiger partial charge in [0.1, 0.15) is 0 Å². The van der Waals surface area contributed by atoms with Crippen LogP contribution >= 0.6 is 0 Å². The lowest BCUT2D eigenvalue weighted by molar-refractivity contribution is -0.125. The lowest BCUT2D eigenvalue weighted by Crippen LogP contribution is -2.23. The molecule has 4 nitrogen and oxygen atoms in total. The Morgan fingerprint density at radius 1 is 1.27 bits per heavy atom. The van der Waals surface area contributed by atoms with Crippen LogP contribution in [0.1, 0.15) is 13.8 Å². The van der Waals surface area contributed by atoms with Crippen LogP contribution in [0.2, 0.25) is 0 Å². The summed E-state index contributed by atoms with van der Waals surface area (Å²) in [6.07, 6.45) is 0. The molecular weight excluding hydrogens is 146 g/mol. The molecule has 2 amide bonds. The van der Waals surface area contributed by atoms with Gasteiger partial charge >= 0.3 is 0 Å². The number of hydrogen-bond donors (Lipinski definition) is 2. The van der Waals surface area contributed by atoms with E-state index in [4.69, 9.17) is 5.11 Å². The van der Waals surface area contributed by atoms with Crippen molar-refractivity contribution >= 4 is 11.8 Å². The second-order valence-corrected chi connectivity index (χ2v) is 2.70. The van der Waals surface area contributed by atoms with Crippen LogP contribution in [-0.2, 0) is 9.59 Å². The molecule has 0 saturated carbocycles. The van der Waals surface area contributed by atoms with Crippen LogP contribution in [0.4, 0.5) is 0 Å². The fourth-order valence-electron chi connectivity index (χ4n) is 0.995. The Kier molecular flexibility index (Phi) is 1.68. The van der Waals surface area contributed by atoms with Crippen LogP contribution in [0.5, 0.6) is 0 Å². The van der Waals surface area contributed by atoms with E-state index in [1.165, 1.54) is 0 Å². The van der Waals surface area contributed by atoms with Gasteiger partial charge in [-0.1, -0.05) is 13.8 Å². The molecule has 1 rings (SSSR count). The Balaban J connectivity index is 3.07.